The largest absolute Gasteiger partial charge is 0.352 e. The fraction of sp³-hybridized carbons (Fsp3) is 0.417. The smallest absolute Gasteiger partial charge is 0.252 e. The number of amides is 1. The Balaban J connectivity index is 1.95. The van der Waals surface area contributed by atoms with Crippen molar-refractivity contribution in [2.45, 2.75) is 6.42 Å². The van der Waals surface area contributed by atoms with Gasteiger partial charge in [0.05, 0.1) is 22.1 Å². The normalized spacial score (nSPS) is 21.3. The maximum Gasteiger partial charge on any atom is 0.252 e. The molecule has 1 fully saturated rings. The summed E-state index contributed by atoms with van der Waals surface area (Å²) in [6.45, 7) is 0.344. The van der Waals surface area contributed by atoms with Gasteiger partial charge in [-0.2, -0.15) is 0 Å². The van der Waals surface area contributed by atoms with Crippen LogP contribution in [-0.4, -0.2) is 32.4 Å². The third-order valence-corrected chi connectivity index (χ3v) is 5.44. The molecular weight excluding hydrogens is 309 g/mol. The quantitative estimate of drug-likeness (QED) is 0.927. The third-order valence-electron chi connectivity index (χ3n) is 3.05. The monoisotopic (exact) mass is 321 g/mol. The molecule has 1 heterocycles. The van der Waals surface area contributed by atoms with Gasteiger partial charge in [0.15, 0.2) is 9.84 Å². The number of hydrogen-bond donors (Lipinski definition) is 1. The van der Waals surface area contributed by atoms with Crippen LogP contribution in [0.4, 0.5) is 0 Å². The highest BCUT2D eigenvalue weighted by Crippen LogP contribution is 2.21. The summed E-state index contributed by atoms with van der Waals surface area (Å²) < 4.78 is 22.6. The fourth-order valence-electron chi connectivity index (χ4n) is 2.04. The van der Waals surface area contributed by atoms with Gasteiger partial charge in [-0.1, -0.05) is 23.2 Å². The average Bonchev–Trinajstić information content (AvgIpc) is 2.66. The molecule has 0 radical (unpaired) electrons. The van der Waals surface area contributed by atoms with Gasteiger partial charge < -0.3 is 5.32 Å². The first-order chi connectivity index (χ1) is 8.87. The van der Waals surface area contributed by atoms with Crippen LogP contribution < -0.4 is 5.32 Å². The Kier molecular flexibility index (Phi) is 4.38. The van der Waals surface area contributed by atoms with Crippen LogP contribution in [0.1, 0.15) is 16.8 Å². The highest BCUT2D eigenvalue weighted by molar-refractivity contribution is 7.91. The van der Waals surface area contributed by atoms with E-state index in [2.05, 4.69) is 5.32 Å². The molecule has 4 nitrogen and oxygen atoms in total. The Morgan fingerprint density at radius 2 is 2.11 bits per heavy atom. The zero-order chi connectivity index (χ0) is 14.0. The second-order valence-electron chi connectivity index (χ2n) is 4.60. The lowest BCUT2D eigenvalue weighted by atomic mass is 10.1. The molecule has 1 aromatic carbocycles. The molecule has 0 bridgehead atoms. The number of sulfone groups is 1. The molecule has 1 aliphatic heterocycles. The first-order valence-electron chi connectivity index (χ1n) is 5.81. The van der Waals surface area contributed by atoms with Crippen LogP contribution in [0.15, 0.2) is 18.2 Å². The van der Waals surface area contributed by atoms with E-state index >= 15 is 0 Å². The van der Waals surface area contributed by atoms with Crippen LogP contribution in [0.5, 0.6) is 0 Å². The summed E-state index contributed by atoms with van der Waals surface area (Å²) in [6, 6.07) is 4.63. The minimum atomic E-state index is -2.92. The summed E-state index contributed by atoms with van der Waals surface area (Å²) >= 11 is 11.7. The van der Waals surface area contributed by atoms with Crippen molar-refractivity contribution in [3.05, 3.63) is 33.8 Å². The molecule has 0 aliphatic carbocycles. The lowest BCUT2D eigenvalue weighted by molar-refractivity contribution is 0.0948. The van der Waals surface area contributed by atoms with Crippen LogP contribution in [0, 0.1) is 5.92 Å². The van der Waals surface area contributed by atoms with Gasteiger partial charge in [-0.25, -0.2) is 8.42 Å². The number of benzene rings is 1. The van der Waals surface area contributed by atoms with E-state index in [9.17, 15) is 13.2 Å². The van der Waals surface area contributed by atoms with Crippen molar-refractivity contribution in [2.75, 3.05) is 18.1 Å². The molecule has 1 atom stereocenters. The zero-order valence-electron chi connectivity index (χ0n) is 10.0. The van der Waals surface area contributed by atoms with Crippen LogP contribution in [0.2, 0.25) is 10.0 Å². The molecule has 0 unspecified atom stereocenters. The molecule has 1 aromatic rings. The van der Waals surface area contributed by atoms with Gasteiger partial charge in [0.25, 0.3) is 5.91 Å². The fourth-order valence-corrected chi connectivity index (χ4v) is 4.40. The summed E-state index contributed by atoms with van der Waals surface area (Å²) in [6.07, 6.45) is 0.594. The molecule has 19 heavy (non-hydrogen) atoms. The number of nitrogens with one attached hydrogen (secondary N) is 1. The second-order valence-corrected chi connectivity index (χ2v) is 7.68. The van der Waals surface area contributed by atoms with Crippen molar-refractivity contribution >= 4 is 38.9 Å². The number of halogens is 2. The molecule has 0 spiro atoms. The first-order valence-corrected chi connectivity index (χ1v) is 8.39. The molecule has 104 valence electrons. The van der Waals surface area contributed by atoms with E-state index in [1.807, 2.05) is 0 Å². The average molecular weight is 322 g/mol. The molecule has 1 saturated heterocycles. The predicted octanol–water partition coefficient (Wildman–Crippen LogP) is 2.16. The van der Waals surface area contributed by atoms with Crippen molar-refractivity contribution in [1.82, 2.24) is 5.32 Å². The zero-order valence-corrected chi connectivity index (χ0v) is 12.4. The van der Waals surface area contributed by atoms with Crippen molar-refractivity contribution in [3.63, 3.8) is 0 Å². The van der Waals surface area contributed by atoms with Crippen LogP contribution >= 0.6 is 23.2 Å². The number of hydrogen-bond acceptors (Lipinski definition) is 3. The van der Waals surface area contributed by atoms with E-state index in [1.165, 1.54) is 6.07 Å². The van der Waals surface area contributed by atoms with Crippen molar-refractivity contribution < 1.29 is 13.2 Å². The Bertz CT molecular complexity index is 601. The van der Waals surface area contributed by atoms with Crippen LogP contribution in [-0.2, 0) is 9.84 Å². The predicted molar refractivity (Wildman–Crippen MR) is 75.6 cm³/mol. The summed E-state index contributed by atoms with van der Waals surface area (Å²) in [4.78, 5) is 11.9. The molecular formula is C12H13Cl2NO3S. The van der Waals surface area contributed by atoms with Crippen molar-refractivity contribution in [2.24, 2.45) is 5.92 Å². The van der Waals surface area contributed by atoms with Gasteiger partial charge in [-0.15, -0.1) is 0 Å². The van der Waals surface area contributed by atoms with Crippen molar-refractivity contribution in [1.29, 1.82) is 0 Å². The van der Waals surface area contributed by atoms with Gasteiger partial charge in [-0.3, -0.25) is 4.79 Å². The topological polar surface area (TPSA) is 63.2 Å². The number of carbonyl (C=O) groups is 1. The summed E-state index contributed by atoms with van der Waals surface area (Å²) in [7, 11) is -2.92. The van der Waals surface area contributed by atoms with E-state index in [1.54, 1.807) is 12.1 Å². The highest BCUT2D eigenvalue weighted by atomic mass is 35.5. The van der Waals surface area contributed by atoms with Gasteiger partial charge in [0.1, 0.15) is 0 Å². The summed E-state index contributed by atoms with van der Waals surface area (Å²) in [5.74, 6) is 0.0163. The molecule has 1 aliphatic rings. The van der Waals surface area contributed by atoms with E-state index < -0.39 is 9.84 Å². The van der Waals surface area contributed by atoms with E-state index in [0.717, 1.165) is 0 Å². The Morgan fingerprint density at radius 1 is 1.37 bits per heavy atom. The molecule has 0 saturated carbocycles. The maximum atomic E-state index is 11.9. The minimum Gasteiger partial charge on any atom is -0.352 e. The molecule has 1 amide bonds. The molecule has 2 rings (SSSR count). The van der Waals surface area contributed by atoms with Crippen molar-refractivity contribution in [3.8, 4) is 0 Å². The van der Waals surface area contributed by atoms with Gasteiger partial charge >= 0.3 is 0 Å². The molecule has 1 N–H and O–H groups in total. The Labute approximate surface area is 122 Å². The standard InChI is InChI=1S/C12H13Cl2NO3S/c13-9-1-2-10(11(14)5-9)12(16)15-6-8-3-4-19(17,18)7-8/h1-2,5,8H,3-4,6-7H2,(H,15,16)/t8-/m1/s1. The van der Waals surface area contributed by atoms with Gasteiger partial charge in [0, 0.05) is 11.6 Å². The third kappa shape index (κ3) is 3.84. The van der Waals surface area contributed by atoms with E-state index in [4.69, 9.17) is 23.2 Å². The Hall–Kier alpha value is -0.780. The molecule has 7 heteroatoms. The lowest BCUT2D eigenvalue weighted by Gasteiger charge is -2.10. The van der Waals surface area contributed by atoms with Gasteiger partial charge in [-0.05, 0) is 30.5 Å². The maximum absolute atomic E-state index is 11.9. The van der Waals surface area contributed by atoms with E-state index in [-0.39, 0.29) is 28.4 Å². The lowest BCUT2D eigenvalue weighted by Crippen LogP contribution is -2.30. The van der Waals surface area contributed by atoms with E-state index in [0.29, 0.717) is 23.6 Å². The van der Waals surface area contributed by atoms with Crippen LogP contribution in [0.25, 0.3) is 0 Å². The number of carbonyl (C=O) groups excluding carboxylic acids is 1. The second kappa shape index (κ2) is 5.69. The SMILES string of the molecule is O=C(NC[C@H]1CCS(=O)(=O)C1)c1ccc(Cl)cc1Cl. The van der Waals surface area contributed by atoms with Crippen LogP contribution in [0.3, 0.4) is 0 Å². The van der Waals surface area contributed by atoms with Gasteiger partial charge in [0.2, 0.25) is 0 Å². The Morgan fingerprint density at radius 3 is 2.68 bits per heavy atom. The highest BCUT2D eigenvalue weighted by Gasteiger charge is 2.28. The minimum absolute atomic E-state index is 0.0139. The number of rotatable bonds is 3. The summed E-state index contributed by atoms with van der Waals surface area (Å²) in [5, 5.41) is 3.45. The summed E-state index contributed by atoms with van der Waals surface area (Å²) in [5.41, 5.74) is 0.340. The molecule has 0 aromatic heterocycles. The first kappa shape index (κ1) is 14.6.